The summed E-state index contributed by atoms with van der Waals surface area (Å²) in [7, 11) is -4.03. The van der Waals surface area contributed by atoms with Gasteiger partial charge in [-0.15, -0.1) is 0 Å². The number of hydrogen-bond donors (Lipinski definition) is 3. The maximum atomic E-state index is 13.6. The zero-order valence-electron chi connectivity index (χ0n) is 18.5. The Balaban J connectivity index is 1.30. The maximum absolute atomic E-state index is 13.6. The second-order valence-corrected chi connectivity index (χ2v) is 11.0. The molecule has 0 spiro atoms. The Labute approximate surface area is 207 Å². The van der Waals surface area contributed by atoms with Crippen LogP contribution in [0.25, 0.3) is 11.0 Å². The Morgan fingerprint density at radius 1 is 1.40 bits per heavy atom. The molecular weight excluding hydrogens is 550 g/mol. The van der Waals surface area contributed by atoms with Crippen molar-refractivity contribution in [2.45, 2.75) is 43.5 Å². The van der Waals surface area contributed by atoms with Crippen molar-refractivity contribution in [1.29, 1.82) is 0 Å². The lowest BCUT2D eigenvalue weighted by Gasteiger charge is -2.30. The van der Waals surface area contributed by atoms with Crippen molar-refractivity contribution in [3.8, 4) is 0 Å². The Morgan fingerprint density at radius 2 is 2.20 bits per heavy atom. The van der Waals surface area contributed by atoms with Crippen LogP contribution < -0.4 is 5.73 Å². The van der Waals surface area contributed by atoms with Crippen LogP contribution in [0.3, 0.4) is 0 Å². The Hall–Kier alpha value is -1.96. The smallest absolute Gasteiger partial charge is 0.387 e. The van der Waals surface area contributed by atoms with Gasteiger partial charge in [0.05, 0.1) is 29.2 Å². The van der Waals surface area contributed by atoms with E-state index in [1.165, 1.54) is 30.0 Å². The van der Waals surface area contributed by atoms with Crippen molar-refractivity contribution < 1.29 is 37.5 Å². The van der Waals surface area contributed by atoms with E-state index in [9.17, 15) is 19.2 Å². The Bertz CT molecular complexity index is 1310. The minimum absolute atomic E-state index is 0.0852. The zero-order chi connectivity index (χ0) is 25.0. The maximum Gasteiger partial charge on any atom is 0.475 e. The van der Waals surface area contributed by atoms with Gasteiger partial charge < -0.3 is 25.3 Å². The summed E-state index contributed by atoms with van der Waals surface area (Å²) in [6.45, 7) is 1.11. The number of fused-ring (bicyclic) bond motifs is 1. The molecule has 6 atom stereocenters. The third kappa shape index (κ3) is 4.51. The molecule has 4 N–H and O–H groups in total. The molecule has 0 amide bonds. The summed E-state index contributed by atoms with van der Waals surface area (Å²) in [5.41, 5.74) is 5.16. The third-order valence-corrected chi connectivity index (χ3v) is 8.23. The number of aliphatic hydroxyl groups excluding tert-OH is 1. The molecule has 4 heterocycles. The van der Waals surface area contributed by atoms with Gasteiger partial charge in [0, 0.05) is 12.6 Å². The fourth-order valence-corrected chi connectivity index (χ4v) is 6.03. The average molecular weight is 573 g/mol. The minimum Gasteiger partial charge on any atom is -0.387 e. The van der Waals surface area contributed by atoms with Crippen molar-refractivity contribution in [3.63, 3.8) is 0 Å². The highest BCUT2D eigenvalue weighted by Gasteiger charge is 2.54. The molecule has 0 aliphatic carbocycles. The average Bonchev–Trinajstić information content (AvgIpc) is 3.34. The molecule has 188 valence electrons. The van der Waals surface area contributed by atoms with Crippen LogP contribution in [0, 0.1) is 5.82 Å². The van der Waals surface area contributed by atoms with Gasteiger partial charge in [0.2, 0.25) is 0 Å². The normalized spacial score (nSPS) is 33.4. The monoisotopic (exact) mass is 572 g/mol. The summed E-state index contributed by atoms with van der Waals surface area (Å²) in [6.07, 6.45) is -0.866. The quantitative estimate of drug-likeness (QED) is 0.388. The molecule has 2 fully saturated rings. The van der Waals surface area contributed by atoms with Gasteiger partial charge in [-0.3, -0.25) is 13.6 Å². The molecule has 2 aromatic heterocycles. The number of phosphoric acid groups is 1. The molecule has 2 saturated heterocycles. The lowest BCUT2D eigenvalue weighted by atomic mass is 9.96. The van der Waals surface area contributed by atoms with Gasteiger partial charge in [0.15, 0.2) is 6.23 Å². The third-order valence-electron chi connectivity index (χ3n) is 6.15. The second-order valence-electron chi connectivity index (χ2n) is 8.55. The number of ether oxygens (including phenoxy) is 1. The minimum atomic E-state index is -4.03. The van der Waals surface area contributed by atoms with Crippen LogP contribution in [-0.2, 0) is 22.9 Å². The summed E-state index contributed by atoms with van der Waals surface area (Å²) >= 11 is 3.13. The van der Waals surface area contributed by atoms with E-state index < -0.39 is 43.8 Å². The van der Waals surface area contributed by atoms with E-state index in [1.807, 2.05) is 0 Å². The van der Waals surface area contributed by atoms with Crippen molar-refractivity contribution in [2.75, 3.05) is 18.9 Å². The van der Waals surface area contributed by atoms with E-state index in [0.717, 1.165) is 0 Å². The molecule has 0 saturated carbocycles. The highest BCUT2D eigenvalue weighted by Crippen LogP contribution is 2.57. The van der Waals surface area contributed by atoms with Gasteiger partial charge in [-0.05, 0) is 46.6 Å². The molecule has 11 nitrogen and oxygen atoms in total. The fraction of sp³-hybridized carbons (Fsp3) is 0.429. The van der Waals surface area contributed by atoms with Crippen molar-refractivity contribution in [2.24, 2.45) is 0 Å². The number of nitrogens with two attached hydrogens (primary N) is 1. The Kier molecular flexibility index (Phi) is 6.47. The van der Waals surface area contributed by atoms with Gasteiger partial charge in [-0.2, -0.15) is 0 Å². The number of aromatic nitrogens is 3. The van der Waals surface area contributed by atoms with Crippen LogP contribution in [0.2, 0.25) is 0 Å². The van der Waals surface area contributed by atoms with Crippen LogP contribution in [0.1, 0.15) is 31.2 Å². The standard InChI is InChI=1S/C21H23BrFN4O7P/c1-21(29)17(28)16(33-20(21)27-6-4-12-18(24)25-10-26-19(12)27)9-32-35(30)31-7-5-15(34-35)11-2-3-14(23)13(22)8-11/h2-4,6,8,10,15-17,20,28-29H,5,7,9H2,1H3,(H2,24,25,26)/t15-,16-,17-,20-,21-,35?/m1/s1. The van der Waals surface area contributed by atoms with Crippen molar-refractivity contribution >= 4 is 40.6 Å². The second kappa shape index (κ2) is 9.16. The van der Waals surface area contributed by atoms with E-state index in [4.69, 9.17) is 24.0 Å². The van der Waals surface area contributed by atoms with Gasteiger partial charge >= 0.3 is 7.82 Å². The van der Waals surface area contributed by atoms with Crippen molar-refractivity contribution in [3.05, 3.63) is 52.6 Å². The number of halogens is 2. The van der Waals surface area contributed by atoms with E-state index in [1.54, 1.807) is 18.3 Å². The van der Waals surface area contributed by atoms with E-state index in [2.05, 4.69) is 25.9 Å². The molecule has 2 aliphatic heterocycles. The van der Waals surface area contributed by atoms with Crippen LogP contribution in [0.15, 0.2) is 41.3 Å². The van der Waals surface area contributed by atoms with Crippen LogP contribution in [0.5, 0.6) is 0 Å². The summed E-state index contributed by atoms with van der Waals surface area (Å²) in [4.78, 5) is 8.14. The number of benzene rings is 1. The largest absolute Gasteiger partial charge is 0.475 e. The topological polar surface area (TPSA) is 151 Å². The van der Waals surface area contributed by atoms with Gasteiger partial charge in [0.25, 0.3) is 0 Å². The number of nitrogens with zero attached hydrogens (tertiary/aromatic N) is 3. The Morgan fingerprint density at radius 3 is 2.97 bits per heavy atom. The van der Waals surface area contributed by atoms with E-state index in [-0.39, 0.29) is 23.5 Å². The summed E-state index contributed by atoms with van der Waals surface area (Å²) < 4.78 is 50.8. The zero-order valence-corrected chi connectivity index (χ0v) is 20.9. The number of rotatable bonds is 5. The molecule has 14 heteroatoms. The SMILES string of the molecule is C[C@@]1(O)[C@H](O)[C@@H](COP2(=O)OCC[C@H](c3ccc(F)c(Br)c3)O2)O[C@H]1n1ccc2c(N)ncnc21. The lowest BCUT2D eigenvalue weighted by molar-refractivity contribution is -0.0950. The van der Waals surface area contributed by atoms with E-state index >= 15 is 0 Å². The number of nitrogen functional groups attached to an aromatic ring is 1. The molecule has 2 aliphatic rings. The van der Waals surface area contributed by atoms with Gasteiger partial charge in [-0.1, -0.05) is 6.07 Å². The molecule has 35 heavy (non-hydrogen) atoms. The fourth-order valence-electron chi connectivity index (χ4n) is 4.24. The molecule has 5 rings (SSSR count). The van der Waals surface area contributed by atoms with Gasteiger partial charge in [-0.25, -0.2) is 18.9 Å². The molecule has 0 radical (unpaired) electrons. The first-order valence-corrected chi connectivity index (χ1v) is 13.0. The highest BCUT2D eigenvalue weighted by atomic mass is 79.9. The lowest BCUT2D eigenvalue weighted by Crippen LogP contribution is -2.44. The number of anilines is 1. The number of hydrogen-bond acceptors (Lipinski definition) is 10. The first-order valence-electron chi connectivity index (χ1n) is 10.7. The summed E-state index contributed by atoms with van der Waals surface area (Å²) in [5, 5.41) is 22.4. The first-order chi connectivity index (χ1) is 16.6. The van der Waals surface area contributed by atoms with Crippen LogP contribution >= 0.6 is 23.8 Å². The predicted octanol–water partition coefficient (Wildman–Crippen LogP) is 3.23. The van der Waals surface area contributed by atoms with Crippen LogP contribution in [-0.4, -0.2) is 55.8 Å². The number of phosphoric ester groups is 1. The first kappa shape index (κ1) is 24.7. The molecule has 3 aromatic rings. The molecular formula is C21H23BrFN4O7P. The molecule has 1 unspecified atom stereocenters. The predicted molar refractivity (Wildman–Crippen MR) is 125 cm³/mol. The summed E-state index contributed by atoms with van der Waals surface area (Å²) in [6, 6.07) is 6.03. The molecule has 0 bridgehead atoms. The number of aliphatic hydroxyl groups is 2. The summed E-state index contributed by atoms with van der Waals surface area (Å²) in [5.74, 6) is -0.168. The van der Waals surface area contributed by atoms with Crippen molar-refractivity contribution in [1.82, 2.24) is 14.5 Å². The van der Waals surface area contributed by atoms with E-state index in [0.29, 0.717) is 23.0 Å². The van der Waals surface area contributed by atoms with Gasteiger partial charge in [0.1, 0.15) is 41.4 Å². The van der Waals surface area contributed by atoms with Crippen LogP contribution in [0.4, 0.5) is 10.2 Å². The molecule has 1 aromatic carbocycles. The highest BCUT2D eigenvalue weighted by molar-refractivity contribution is 9.10.